The molecule has 0 aromatic heterocycles. The molecule has 3 atom stereocenters. The van der Waals surface area contributed by atoms with Gasteiger partial charge in [0.25, 0.3) is 11.7 Å². The second-order valence-corrected chi connectivity index (χ2v) is 12.1. The Labute approximate surface area is 277 Å². The highest BCUT2D eigenvalue weighted by atomic mass is 16.6. The third-order valence-electron chi connectivity index (χ3n) is 8.90. The minimum atomic E-state index is -0.781. The van der Waals surface area contributed by atoms with Crippen molar-refractivity contribution >= 4 is 23.6 Å². The molecule has 2 aliphatic heterocycles. The van der Waals surface area contributed by atoms with Gasteiger partial charge in [-0.15, -0.1) is 0 Å². The van der Waals surface area contributed by atoms with Gasteiger partial charge >= 0.3 is 5.97 Å². The van der Waals surface area contributed by atoms with Gasteiger partial charge in [0.1, 0.15) is 18.8 Å². The molecular weight excluding hydrogens is 604 g/mol. The molecule has 2 bridgehead atoms. The molecule has 0 spiro atoms. The number of amides is 2. The van der Waals surface area contributed by atoms with Crippen molar-refractivity contribution in [2.24, 2.45) is 5.92 Å². The summed E-state index contributed by atoms with van der Waals surface area (Å²) < 4.78 is 28.1. The molecule has 11 heteroatoms. The molecular formula is C36H48N2O9. The third kappa shape index (κ3) is 8.62. The number of esters is 1. The highest BCUT2D eigenvalue weighted by molar-refractivity contribution is 6.43. The van der Waals surface area contributed by atoms with Crippen LogP contribution in [0.3, 0.4) is 0 Å². The molecule has 2 aromatic carbocycles. The van der Waals surface area contributed by atoms with Crippen LogP contribution in [0.25, 0.3) is 0 Å². The Hall–Kier alpha value is -4.12. The molecule has 2 heterocycles. The summed E-state index contributed by atoms with van der Waals surface area (Å²) in [6.45, 7) is 4.84. The summed E-state index contributed by atoms with van der Waals surface area (Å²) in [4.78, 5) is 57.4. The van der Waals surface area contributed by atoms with Crippen LogP contribution in [-0.4, -0.2) is 92.6 Å². The predicted octanol–water partition coefficient (Wildman–Crippen LogP) is 4.83. The Morgan fingerprint density at radius 1 is 0.915 bits per heavy atom. The number of piperazine rings is 1. The molecule has 2 fully saturated rings. The van der Waals surface area contributed by atoms with Crippen molar-refractivity contribution in [3.05, 3.63) is 53.6 Å². The number of ketones is 1. The lowest BCUT2D eigenvalue weighted by Crippen LogP contribution is -2.67. The van der Waals surface area contributed by atoms with Crippen LogP contribution in [0.5, 0.6) is 17.2 Å². The number of fused-ring (bicyclic) bond motifs is 2. The van der Waals surface area contributed by atoms with Gasteiger partial charge < -0.3 is 33.5 Å². The quantitative estimate of drug-likeness (QED) is 0.134. The van der Waals surface area contributed by atoms with Crippen molar-refractivity contribution in [2.75, 3.05) is 41.0 Å². The molecule has 0 radical (unpaired) electrons. The van der Waals surface area contributed by atoms with E-state index in [1.165, 1.54) is 38.4 Å². The molecule has 47 heavy (non-hydrogen) atoms. The van der Waals surface area contributed by atoms with E-state index >= 15 is 0 Å². The number of carbonyl (C=O) groups excluding carboxylic acids is 4. The van der Waals surface area contributed by atoms with E-state index in [0.717, 1.165) is 37.7 Å². The Morgan fingerprint density at radius 2 is 1.57 bits per heavy atom. The van der Waals surface area contributed by atoms with Gasteiger partial charge in [0.2, 0.25) is 11.7 Å². The summed E-state index contributed by atoms with van der Waals surface area (Å²) in [6, 6.07) is 11.4. The van der Waals surface area contributed by atoms with Crippen molar-refractivity contribution in [1.29, 1.82) is 0 Å². The van der Waals surface area contributed by atoms with Crippen LogP contribution in [0, 0.1) is 5.92 Å². The smallest absolute Gasteiger partial charge is 0.309 e. The minimum Gasteiger partial charge on any atom is -0.493 e. The number of benzene rings is 2. The molecule has 2 aromatic rings. The summed E-state index contributed by atoms with van der Waals surface area (Å²) in [6.07, 6.45) is 4.57. The Morgan fingerprint density at radius 3 is 2.17 bits per heavy atom. The van der Waals surface area contributed by atoms with E-state index in [0.29, 0.717) is 25.2 Å². The molecule has 2 aliphatic rings. The molecule has 0 N–H and O–H groups in total. The normalized spacial score (nSPS) is 18.1. The molecule has 2 amide bonds. The molecule has 256 valence electrons. The van der Waals surface area contributed by atoms with E-state index in [-0.39, 0.29) is 60.6 Å². The first kappa shape index (κ1) is 35.7. The SMILES string of the molecule is CCCC(CCC)C(=O)OC[C@@H](CN1CC2CCCC(C1=O)N2C(=O)C(=O)c1cc(OC)c(OC)c(OC)c1)OCc1ccccc1. The van der Waals surface area contributed by atoms with Gasteiger partial charge in [-0.25, -0.2) is 0 Å². The Bertz CT molecular complexity index is 1350. The lowest BCUT2D eigenvalue weighted by molar-refractivity contribution is -0.162. The lowest BCUT2D eigenvalue weighted by atomic mass is 9.89. The number of likely N-dealkylation sites (tertiary alicyclic amines) is 1. The fourth-order valence-electron chi connectivity index (χ4n) is 6.54. The van der Waals surface area contributed by atoms with Crippen molar-refractivity contribution in [2.45, 2.75) is 83.6 Å². The van der Waals surface area contributed by atoms with Crippen molar-refractivity contribution < 1.29 is 42.9 Å². The number of nitrogens with zero attached hydrogens (tertiary/aromatic N) is 2. The third-order valence-corrected chi connectivity index (χ3v) is 8.90. The largest absolute Gasteiger partial charge is 0.493 e. The monoisotopic (exact) mass is 652 g/mol. The van der Waals surface area contributed by atoms with Crippen molar-refractivity contribution in [3.63, 3.8) is 0 Å². The topological polar surface area (TPSA) is 121 Å². The van der Waals surface area contributed by atoms with Gasteiger partial charge in [-0.3, -0.25) is 19.2 Å². The van der Waals surface area contributed by atoms with E-state index in [1.807, 2.05) is 44.2 Å². The van der Waals surface area contributed by atoms with Crippen LogP contribution in [-0.2, 0) is 30.5 Å². The van der Waals surface area contributed by atoms with E-state index in [9.17, 15) is 19.2 Å². The fraction of sp³-hybridized carbons (Fsp3) is 0.556. The summed E-state index contributed by atoms with van der Waals surface area (Å²) in [7, 11) is 4.32. The van der Waals surface area contributed by atoms with Crippen LogP contribution in [0.2, 0.25) is 0 Å². The average Bonchev–Trinajstić information content (AvgIpc) is 3.10. The van der Waals surface area contributed by atoms with Crippen LogP contribution < -0.4 is 14.2 Å². The van der Waals surface area contributed by atoms with Gasteiger partial charge in [0, 0.05) is 12.1 Å². The second kappa shape index (κ2) is 17.2. The van der Waals surface area contributed by atoms with Gasteiger partial charge in [-0.05, 0) is 49.8 Å². The highest BCUT2D eigenvalue weighted by Crippen LogP contribution is 2.39. The van der Waals surface area contributed by atoms with Gasteiger partial charge in [0.05, 0.1) is 46.4 Å². The van der Waals surface area contributed by atoms with E-state index in [1.54, 1.807) is 4.90 Å². The molecule has 2 unspecified atom stereocenters. The van der Waals surface area contributed by atoms with Crippen molar-refractivity contribution in [3.8, 4) is 17.2 Å². The number of ether oxygens (including phenoxy) is 5. The van der Waals surface area contributed by atoms with E-state index in [4.69, 9.17) is 23.7 Å². The van der Waals surface area contributed by atoms with Crippen molar-refractivity contribution in [1.82, 2.24) is 9.80 Å². The van der Waals surface area contributed by atoms with Crippen LogP contribution in [0.15, 0.2) is 42.5 Å². The van der Waals surface area contributed by atoms with Crippen LogP contribution >= 0.6 is 0 Å². The molecule has 0 aliphatic carbocycles. The first-order chi connectivity index (χ1) is 22.8. The average molecular weight is 653 g/mol. The van der Waals surface area contributed by atoms with E-state index in [2.05, 4.69) is 0 Å². The summed E-state index contributed by atoms with van der Waals surface area (Å²) >= 11 is 0. The lowest BCUT2D eigenvalue weighted by Gasteiger charge is -2.49. The summed E-state index contributed by atoms with van der Waals surface area (Å²) in [5.74, 6) is -1.35. The zero-order chi connectivity index (χ0) is 33.9. The molecule has 4 rings (SSSR count). The second-order valence-electron chi connectivity index (χ2n) is 12.1. The van der Waals surface area contributed by atoms with Gasteiger partial charge in [-0.1, -0.05) is 57.0 Å². The zero-order valence-electron chi connectivity index (χ0n) is 28.2. The van der Waals surface area contributed by atoms with E-state index < -0.39 is 23.8 Å². The number of Topliss-reactive ketones (excluding diaryl/α,β-unsaturated/α-hetero) is 1. The molecule has 11 nitrogen and oxygen atoms in total. The number of hydrogen-bond donors (Lipinski definition) is 0. The fourth-order valence-corrected chi connectivity index (χ4v) is 6.54. The number of methoxy groups -OCH3 is 3. The Balaban J connectivity index is 1.50. The van der Waals surface area contributed by atoms with Crippen LogP contribution in [0.1, 0.15) is 74.7 Å². The minimum absolute atomic E-state index is 0.0109. The number of rotatable bonds is 17. The predicted molar refractivity (Wildman–Crippen MR) is 175 cm³/mol. The van der Waals surface area contributed by atoms with Gasteiger partial charge in [-0.2, -0.15) is 0 Å². The molecule has 2 saturated heterocycles. The Kier molecular flexibility index (Phi) is 13.0. The summed E-state index contributed by atoms with van der Waals surface area (Å²) in [5, 5.41) is 0. The first-order valence-corrected chi connectivity index (χ1v) is 16.5. The maximum absolute atomic E-state index is 13.9. The number of hydrogen-bond acceptors (Lipinski definition) is 9. The highest BCUT2D eigenvalue weighted by Gasteiger charge is 2.47. The first-order valence-electron chi connectivity index (χ1n) is 16.5. The summed E-state index contributed by atoms with van der Waals surface area (Å²) in [5.41, 5.74) is 1.04. The number of carbonyl (C=O) groups is 4. The maximum atomic E-state index is 13.9. The molecule has 0 saturated carbocycles. The number of piperidine rings is 1. The van der Waals surface area contributed by atoms with Gasteiger partial charge in [0.15, 0.2) is 11.5 Å². The maximum Gasteiger partial charge on any atom is 0.309 e. The standard InChI is InChI=1S/C36H48N2O9/c1-6-12-25(13-7-2)36(42)47-23-28(46-22-24-14-9-8-10-15-24)21-37-20-27-16-11-17-29(34(37)40)38(27)35(41)32(39)26-18-30(43-3)33(45-5)31(19-26)44-4/h8-10,14-15,18-19,25,27-29H,6-7,11-13,16-17,20-23H2,1-5H3/t27?,28-,29?/m1/s1. The van der Waals surface area contributed by atoms with Crippen LogP contribution in [0.4, 0.5) is 0 Å². The zero-order valence-corrected chi connectivity index (χ0v) is 28.2.